The predicted octanol–water partition coefficient (Wildman–Crippen LogP) is 5.67. The number of hydrogen-bond donors (Lipinski definition) is 1. The third-order valence-electron chi connectivity index (χ3n) is 4.29. The van der Waals surface area contributed by atoms with Crippen molar-refractivity contribution in [3.8, 4) is 17.4 Å². The van der Waals surface area contributed by atoms with Crippen LogP contribution in [0.2, 0.25) is 10.0 Å². The van der Waals surface area contributed by atoms with Crippen LogP contribution >= 0.6 is 23.2 Å². The first-order valence-corrected chi connectivity index (χ1v) is 10.6. The van der Waals surface area contributed by atoms with Crippen LogP contribution in [-0.2, 0) is 13.2 Å². The van der Waals surface area contributed by atoms with Gasteiger partial charge >= 0.3 is 0 Å². The average Bonchev–Trinajstić information content (AvgIpc) is 2.76. The number of pyridine rings is 1. The molecule has 3 aromatic rings. The highest BCUT2D eigenvalue weighted by Gasteiger charge is 2.12. The van der Waals surface area contributed by atoms with Gasteiger partial charge in [-0.25, -0.2) is 9.37 Å². The van der Waals surface area contributed by atoms with Crippen molar-refractivity contribution in [1.29, 1.82) is 0 Å². The van der Waals surface area contributed by atoms with E-state index in [9.17, 15) is 4.39 Å². The molecule has 1 N–H and O–H groups in total. The van der Waals surface area contributed by atoms with Crippen LogP contribution in [0, 0.1) is 5.82 Å². The molecule has 0 spiro atoms. The summed E-state index contributed by atoms with van der Waals surface area (Å²) >= 11 is 12.5. The molecule has 0 saturated carbocycles. The van der Waals surface area contributed by atoms with Crippen LogP contribution in [0.3, 0.4) is 0 Å². The Bertz CT molecular complexity index is 990. The number of ether oxygens (including phenoxy) is 3. The summed E-state index contributed by atoms with van der Waals surface area (Å²) in [4.78, 5) is 4.11. The van der Waals surface area contributed by atoms with Crippen LogP contribution in [0.25, 0.3) is 0 Å². The Hall–Kier alpha value is -2.54. The Labute approximate surface area is 191 Å². The third-order valence-corrected chi connectivity index (χ3v) is 5.00. The summed E-state index contributed by atoms with van der Waals surface area (Å²) in [6, 6.07) is 13.3. The van der Waals surface area contributed by atoms with Crippen molar-refractivity contribution in [1.82, 2.24) is 10.3 Å². The minimum Gasteiger partial charge on any atom is -0.490 e. The minimum atomic E-state index is -0.394. The molecule has 3 rings (SSSR count). The summed E-state index contributed by atoms with van der Waals surface area (Å²) in [6.07, 6.45) is 1.69. The summed E-state index contributed by atoms with van der Waals surface area (Å²) in [5, 5.41) is 4.13. The number of nitrogens with one attached hydrogen (secondary N) is 1. The second-order valence-corrected chi connectivity index (χ2v) is 7.36. The Balaban J connectivity index is 1.58. The maximum Gasteiger partial charge on any atom is 0.213 e. The summed E-state index contributed by atoms with van der Waals surface area (Å²) in [6.45, 7) is 4.17. The van der Waals surface area contributed by atoms with Crippen LogP contribution in [0.15, 0.2) is 54.7 Å². The van der Waals surface area contributed by atoms with Gasteiger partial charge in [-0.2, -0.15) is 0 Å². The Morgan fingerprint density at radius 2 is 1.74 bits per heavy atom. The van der Waals surface area contributed by atoms with E-state index in [0.717, 1.165) is 5.56 Å². The van der Waals surface area contributed by atoms with Gasteiger partial charge in [-0.1, -0.05) is 35.3 Å². The standard InChI is InChI=1S/C23H23Cl2FN2O3/c1-2-29-21-11-17(14-27-9-10-30-23-5-3-4-8-28-23)20(25)13-22(21)31-15-16-6-7-18(26)12-19(16)24/h3-8,11-13,27H,2,9-10,14-15H2,1H3. The molecule has 0 fully saturated rings. The highest BCUT2D eigenvalue weighted by Crippen LogP contribution is 2.34. The zero-order chi connectivity index (χ0) is 22.1. The number of hydrogen-bond acceptors (Lipinski definition) is 5. The summed E-state index contributed by atoms with van der Waals surface area (Å²) in [5.41, 5.74) is 1.54. The van der Waals surface area contributed by atoms with Gasteiger partial charge < -0.3 is 19.5 Å². The topological polar surface area (TPSA) is 52.6 Å². The average molecular weight is 465 g/mol. The quantitative estimate of drug-likeness (QED) is 0.370. The van der Waals surface area contributed by atoms with E-state index in [-0.39, 0.29) is 6.61 Å². The zero-order valence-electron chi connectivity index (χ0n) is 17.0. The summed E-state index contributed by atoms with van der Waals surface area (Å²) < 4.78 is 30.4. The van der Waals surface area contributed by atoms with E-state index < -0.39 is 5.82 Å². The largest absolute Gasteiger partial charge is 0.490 e. The predicted molar refractivity (Wildman–Crippen MR) is 120 cm³/mol. The van der Waals surface area contributed by atoms with E-state index >= 15 is 0 Å². The van der Waals surface area contributed by atoms with Gasteiger partial charge in [0, 0.05) is 42.0 Å². The van der Waals surface area contributed by atoms with E-state index in [1.54, 1.807) is 18.3 Å². The molecule has 164 valence electrons. The van der Waals surface area contributed by atoms with Crippen LogP contribution in [-0.4, -0.2) is 24.7 Å². The zero-order valence-corrected chi connectivity index (χ0v) is 18.5. The van der Waals surface area contributed by atoms with Crippen LogP contribution in [0.4, 0.5) is 4.39 Å². The van der Waals surface area contributed by atoms with Crippen molar-refractivity contribution < 1.29 is 18.6 Å². The Morgan fingerprint density at radius 3 is 2.48 bits per heavy atom. The molecule has 0 aliphatic rings. The van der Waals surface area contributed by atoms with Crippen molar-refractivity contribution in [3.05, 3.63) is 81.7 Å². The molecular weight excluding hydrogens is 442 g/mol. The number of halogens is 3. The number of aromatic nitrogens is 1. The maximum atomic E-state index is 13.2. The SMILES string of the molecule is CCOc1cc(CNCCOc2ccccn2)c(Cl)cc1OCc1ccc(F)cc1Cl. The third kappa shape index (κ3) is 6.99. The fraction of sp³-hybridized carbons (Fsp3) is 0.261. The lowest BCUT2D eigenvalue weighted by Gasteiger charge is -2.16. The molecule has 0 aliphatic carbocycles. The second-order valence-electron chi connectivity index (χ2n) is 6.54. The smallest absolute Gasteiger partial charge is 0.213 e. The molecule has 31 heavy (non-hydrogen) atoms. The van der Waals surface area contributed by atoms with E-state index in [1.807, 2.05) is 31.2 Å². The van der Waals surface area contributed by atoms with Crippen LogP contribution in [0.1, 0.15) is 18.1 Å². The molecule has 8 heteroatoms. The second kappa shape index (κ2) is 11.7. The van der Waals surface area contributed by atoms with Crippen molar-refractivity contribution in [2.24, 2.45) is 0 Å². The highest BCUT2D eigenvalue weighted by atomic mass is 35.5. The van der Waals surface area contributed by atoms with Crippen molar-refractivity contribution >= 4 is 23.2 Å². The van der Waals surface area contributed by atoms with Gasteiger partial charge in [-0.3, -0.25) is 0 Å². The number of nitrogens with zero attached hydrogens (tertiary/aromatic N) is 1. The first-order valence-electron chi connectivity index (χ1n) is 9.83. The molecule has 5 nitrogen and oxygen atoms in total. The normalized spacial score (nSPS) is 10.7. The van der Waals surface area contributed by atoms with Gasteiger partial charge in [0.15, 0.2) is 11.5 Å². The van der Waals surface area contributed by atoms with Gasteiger partial charge in [0.2, 0.25) is 5.88 Å². The molecule has 0 bridgehead atoms. The van der Waals surface area contributed by atoms with E-state index in [2.05, 4.69) is 10.3 Å². The summed E-state index contributed by atoms with van der Waals surface area (Å²) in [7, 11) is 0. The highest BCUT2D eigenvalue weighted by molar-refractivity contribution is 6.31. The van der Waals surface area contributed by atoms with Gasteiger partial charge in [0.25, 0.3) is 0 Å². The first kappa shape index (κ1) is 23.1. The lowest BCUT2D eigenvalue weighted by Crippen LogP contribution is -2.21. The lowest BCUT2D eigenvalue weighted by atomic mass is 10.2. The monoisotopic (exact) mass is 464 g/mol. The fourth-order valence-electron chi connectivity index (χ4n) is 2.77. The molecule has 1 aromatic heterocycles. The molecular formula is C23H23Cl2FN2O3. The Kier molecular flexibility index (Phi) is 8.76. The summed E-state index contributed by atoms with van der Waals surface area (Å²) in [5.74, 6) is 1.26. The van der Waals surface area contributed by atoms with Gasteiger partial charge in [0.05, 0.1) is 11.6 Å². The molecule has 1 heterocycles. The first-order chi connectivity index (χ1) is 15.1. The van der Waals surface area contributed by atoms with Crippen molar-refractivity contribution in [2.45, 2.75) is 20.1 Å². The lowest BCUT2D eigenvalue weighted by molar-refractivity contribution is 0.269. The minimum absolute atomic E-state index is 0.165. The van der Waals surface area contributed by atoms with E-state index in [4.69, 9.17) is 37.4 Å². The molecule has 0 unspecified atom stereocenters. The maximum absolute atomic E-state index is 13.2. The van der Waals surface area contributed by atoms with E-state index in [0.29, 0.717) is 59.3 Å². The molecule has 2 aromatic carbocycles. The van der Waals surface area contributed by atoms with Crippen molar-refractivity contribution in [3.63, 3.8) is 0 Å². The molecule has 0 amide bonds. The van der Waals surface area contributed by atoms with Gasteiger partial charge in [-0.15, -0.1) is 0 Å². The van der Waals surface area contributed by atoms with Gasteiger partial charge in [-0.05, 0) is 36.8 Å². The molecule has 0 aliphatic heterocycles. The molecule has 0 atom stereocenters. The number of rotatable bonds is 11. The van der Waals surface area contributed by atoms with Crippen LogP contribution < -0.4 is 19.5 Å². The fourth-order valence-corrected chi connectivity index (χ4v) is 3.21. The van der Waals surface area contributed by atoms with Gasteiger partial charge in [0.1, 0.15) is 19.0 Å². The van der Waals surface area contributed by atoms with Crippen LogP contribution in [0.5, 0.6) is 17.4 Å². The van der Waals surface area contributed by atoms with Crippen molar-refractivity contribution in [2.75, 3.05) is 19.8 Å². The number of benzene rings is 2. The molecule has 0 radical (unpaired) electrons. The Morgan fingerprint density at radius 1 is 0.935 bits per heavy atom. The van der Waals surface area contributed by atoms with E-state index in [1.165, 1.54) is 12.1 Å². The molecule has 0 saturated heterocycles.